The molecule has 114 valence electrons. The van der Waals surface area contributed by atoms with Gasteiger partial charge in [0.25, 0.3) is 0 Å². The fraction of sp³-hybridized carbons (Fsp3) is 0.0455. The molecule has 5 aromatic rings. The van der Waals surface area contributed by atoms with Crippen LogP contribution in [0.2, 0.25) is 0 Å². The van der Waals surface area contributed by atoms with Crippen LogP contribution in [0.1, 0.15) is 4.88 Å². The molecule has 0 spiro atoms. The summed E-state index contributed by atoms with van der Waals surface area (Å²) in [5.74, 6) is 0. The van der Waals surface area contributed by atoms with E-state index < -0.39 is 0 Å². The van der Waals surface area contributed by atoms with Gasteiger partial charge >= 0.3 is 0 Å². The van der Waals surface area contributed by atoms with Gasteiger partial charge < -0.3 is 0 Å². The molecule has 0 saturated carbocycles. The molecule has 0 amide bonds. The molecule has 0 atom stereocenters. The second-order valence-electron chi connectivity index (χ2n) is 6.13. The van der Waals surface area contributed by atoms with Gasteiger partial charge in [-0.25, -0.2) is 0 Å². The highest BCUT2D eigenvalue weighted by atomic mass is 32.1. The minimum Gasteiger partial charge on any atom is -0.255 e. The number of aromatic nitrogens is 1. The first-order chi connectivity index (χ1) is 11.8. The van der Waals surface area contributed by atoms with Crippen LogP contribution in [0.25, 0.3) is 42.9 Å². The van der Waals surface area contributed by atoms with Crippen LogP contribution in [-0.2, 0) is 0 Å². The minimum absolute atomic E-state index is 1.09. The molecule has 3 aromatic carbocycles. The van der Waals surface area contributed by atoms with Gasteiger partial charge in [-0.1, -0.05) is 48.5 Å². The van der Waals surface area contributed by atoms with Gasteiger partial charge in [-0.3, -0.25) is 4.98 Å². The van der Waals surface area contributed by atoms with E-state index in [1.165, 1.54) is 42.1 Å². The maximum Gasteiger partial charge on any atom is 0.0886 e. The molecular formula is C22H15NS. The lowest BCUT2D eigenvalue weighted by Crippen LogP contribution is -1.87. The molecule has 2 heteroatoms. The molecule has 5 rings (SSSR count). The van der Waals surface area contributed by atoms with Crippen molar-refractivity contribution < 1.29 is 0 Å². The molecule has 2 heterocycles. The van der Waals surface area contributed by atoms with Crippen molar-refractivity contribution in [2.24, 2.45) is 0 Å². The van der Waals surface area contributed by atoms with Gasteiger partial charge in [-0.05, 0) is 52.1 Å². The SMILES string of the molecule is Cc1cc2ccnc(-c3cc4ccccc4c4ccccc34)c2s1. The molecule has 0 N–H and O–H groups in total. The van der Waals surface area contributed by atoms with E-state index in [2.05, 4.69) is 73.7 Å². The Kier molecular flexibility index (Phi) is 2.94. The van der Waals surface area contributed by atoms with Crippen LogP contribution in [0.5, 0.6) is 0 Å². The predicted octanol–water partition coefficient (Wildman–Crippen LogP) is 6.58. The van der Waals surface area contributed by atoms with Gasteiger partial charge in [-0.15, -0.1) is 11.3 Å². The Hall–Kier alpha value is -2.71. The molecule has 0 fully saturated rings. The zero-order chi connectivity index (χ0) is 16.1. The number of rotatable bonds is 1. The Labute approximate surface area is 144 Å². The van der Waals surface area contributed by atoms with Crippen LogP contribution >= 0.6 is 11.3 Å². The minimum atomic E-state index is 1.09. The molecule has 0 aliphatic heterocycles. The van der Waals surface area contributed by atoms with E-state index in [-0.39, 0.29) is 0 Å². The maximum atomic E-state index is 4.76. The average Bonchev–Trinajstić information content (AvgIpc) is 3.01. The second-order valence-corrected chi connectivity index (χ2v) is 7.38. The highest BCUT2D eigenvalue weighted by Gasteiger charge is 2.13. The summed E-state index contributed by atoms with van der Waals surface area (Å²) in [4.78, 5) is 6.08. The van der Waals surface area contributed by atoms with Gasteiger partial charge in [0.2, 0.25) is 0 Å². The van der Waals surface area contributed by atoms with Crippen molar-refractivity contribution in [2.75, 3.05) is 0 Å². The van der Waals surface area contributed by atoms with Crippen molar-refractivity contribution in [2.45, 2.75) is 6.92 Å². The first-order valence-electron chi connectivity index (χ1n) is 8.07. The average molecular weight is 325 g/mol. The lowest BCUT2D eigenvalue weighted by Gasteiger charge is -2.11. The molecule has 0 unspecified atom stereocenters. The lowest BCUT2D eigenvalue weighted by atomic mass is 9.95. The van der Waals surface area contributed by atoms with Crippen molar-refractivity contribution in [3.63, 3.8) is 0 Å². The fourth-order valence-electron chi connectivity index (χ4n) is 3.54. The van der Waals surface area contributed by atoms with E-state index in [1.54, 1.807) is 0 Å². The molecule has 0 aliphatic rings. The summed E-state index contributed by atoms with van der Waals surface area (Å²) in [5.41, 5.74) is 2.31. The summed E-state index contributed by atoms with van der Waals surface area (Å²) in [7, 11) is 0. The molecule has 0 bridgehead atoms. The van der Waals surface area contributed by atoms with Crippen molar-refractivity contribution in [3.8, 4) is 11.3 Å². The maximum absolute atomic E-state index is 4.76. The molecule has 1 nitrogen and oxygen atoms in total. The summed E-state index contributed by atoms with van der Waals surface area (Å²) in [6.45, 7) is 2.16. The number of benzene rings is 3. The summed E-state index contributed by atoms with van der Waals surface area (Å²) < 4.78 is 1.27. The predicted molar refractivity (Wildman–Crippen MR) is 105 cm³/mol. The van der Waals surface area contributed by atoms with E-state index in [4.69, 9.17) is 4.98 Å². The normalized spacial score (nSPS) is 11.5. The number of thiophene rings is 1. The highest BCUT2D eigenvalue weighted by molar-refractivity contribution is 7.19. The standard InChI is InChI=1S/C22H15NS/c1-14-12-16-10-11-23-21(22(16)24-14)20-13-15-6-2-3-7-17(15)18-8-4-5-9-19(18)20/h2-13H,1H3. The number of fused-ring (bicyclic) bond motifs is 4. The van der Waals surface area contributed by atoms with Crippen LogP contribution in [0.3, 0.4) is 0 Å². The van der Waals surface area contributed by atoms with Crippen LogP contribution in [0.4, 0.5) is 0 Å². The highest BCUT2D eigenvalue weighted by Crippen LogP contribution is 2.39. The van der Waals surface area contributed by atoms with E-state index in [1.807, 2.05) is 17.5 Å². The summed E-state index contributed by atoms with van der Waals surface area (Å²) in [6.07, 6.45) is 1.92. The van der Waals surface area contributed by atoms with Crippen molar-refractivity contribution in [1.29, 1.82) is 0 Å². The summed E-state index contributed by atoms with van der Waals surface area (Å²) >= 11 is 1.83. The van der Waals surface area contributed by atoms with Gasteiger partial charge in [0.05, 0.1) is 10.4 Å². The Morgan fingerprint density at radius 1 is 0.750 bits per heavy atom. The van der Waals surface area contributed by atoms with Crippen molar-refractivity contribution in [3.05, 3.63) is 77.8 Å². The third-order valence-electron chi connectivity index (χ3n) is 4.58. The van der Waals surface area contributed by atoms with Gasteiger partial charge in [-0.2, -0.15) is 0 Å². The fourth-order valence-corrected chi connectivity index (χ4v) is 4.55. The monoisotopic (exact) mass is 325 g/mol. The molecule has 2 aromatic heterocycles. The quantitative estimate of drug-likeness (QED) is 0.317. The number of nitrogens with zero attached hydrogens (tertiary/aromatic N) is 1. The Morgan fingerprint density at radius 2 is 1.50 bits per heavy atom. The van der Waals surface area contributed by atoms with Gasteiger partial charge in [0.15, 0.2) is 0 Å². The smallest absolute Gasteiger partial charge is 0.0886 e. The number of aryl methyl sites for hydroxylation is 1. The first-order valence-corrected chi connectivity index (χ1v) is 8.89. The molecular weight excluding hydrogens is 310 g/mol. The summed E-state index contributed by atoms with van der Waals surface area (Å²) in [5, 5.41) is 6.39. The zero-order valence-electron chi connectivity index (χ0n) is 13.3. The van der Waals surface area contributed by atoms with Crippen LogP contribution in [0.15, 0.2) is 72.9 Å². The van der Waals surface area contributed by atoms with Crippen LogP contribution in [0, 0.1) is 6.92 Å². The number of pyridine rings is 1. The van der Waals surface area contributed by atoms with E-state index >= 15 is 0 Å². The Morgan fingerprint density at radius 3 is 2.38 bits per heavy atom. The molecule has 0 radical (unpaired) electrons. The van der Waals surface area contributed by atoms with Gasteiger partial charge in [0.1, 0.15) is 0 Å². The van der Waals surface area contributed by atoms with Crippen LogP contribution < -0.4 is 0 Å². The van der Waals surface area contributed by atoms with Crippen LogP contribution in [-0.4, -0.2) is 4.98 Å². The lowest BCUT2D eigenvalue weighted by molar-refractivity contribution is 1.37. The summed E-state index contributed by atoms with van der Waals surface area (Å²) in [6, 6.07) is 23.9. The third kappa shape index (κ3) is 1.97. The zero-order valence-corrected chi connectivity index (χ0v) is 14.1. The van der Waals surface area contributed by atoms with E-state index in [0.29, 0.717) is 0 Å². The first kappa shape index (κ1) is 13.7. The third-order valence-corrected chi connectivity index (χ3v) is 5.65. The number of hydrogen-bond donors (Lipinski definition) is 0. The number of hydrogen-bond acceptors (Lipinski definition) is 2. The Balaban J connectivity index is 1.97. The molecule has 0 aliphatic carbocycles. The van der Waals surface area contributed by atoms with E-state index in [0.717, 1.165) is 5.69 Å². The van der Waals surface area contributed by atoms with Crippen molar-refractivity contribution in [1.82, 2.24) is 4.98 Å². The largest absolute Gasteiger partial charge is 0.255 e. The molecule has 0 saturated heterocycles. The van der Waals surface area contributed by atoms with E-state index in [9.17, 15) is 0 Å². The topological polar surface area (TPSA) is 12.9 Å². The second kappa shape index (κ2) is 5.15. The van der Waals surface area contributed by atoms with Crippen molar-refractivity contribution >= 4 is 43.0 Å². The molecule has 24 heavy (non-hydrogen) atoms. The van der Waals surface area contributed by atoms with Gasteiger partial charge in [0, 0.05) is 16.6 Å². The Bertz CT molecular complexity index is 1220.